The van der Waals surface area contributed by atoms with Gasteiger partial charge in [0.1, 0.15) is 0 Å². The Morgan fingerprint density at radius 2 is 2.26 bits per heavy atom. The number of amides is 1. The van der Waals surface area contributed by atoms with Gasteiger partial charge in [-0.25, -0.2) is 0 Å². The van der Waals surface area contributed by atoms with Gasteiger partial charge in [0, 0.05) is 12.6 Å². The van der Waals surface area contributed by atoms with Gasteiger partial charge in [-0.05, 0) is 38.1 Å². The third-order valence-electron chi connectivity index (χ3n) is 4.13. The Hall–Kier alpha value is -1.34. The highest BCUT2D eigenvalue weighted by Gasteiger charge is 2.23. The molecule has 1 fully saturated rings. The first-order valence-electron chi connectivity index (χ1n) is 8.13. The summed E-state index contributed by atoms with van der Waals surface area (Å²) in [5, 5.41) is 14.5. The van der Waals surface area contributed by atoms with Crippen molar-refractivity contribution in [3.63, 3.8) is 0 Å². The van der Waals surface area contributed by atoms with E-state index in [1.54, 1.807) is 11.3 Å². The normalized spacial score (nSPS) is 16.6. The zero-order chi connectivity index (χ0) is 16.2. The summed E-state index contributed by atoms with van der Waals surface area (Å²) in [5.74, 6) is 0.985. The van der Waals surface area contributed by atoms with Crippen molar-refractivity contribution in [3.8, 4) is 10.7 Å². The lowest BCUT2D eigenvalue weighted by Crippen LogP contribution is -2.37. The van der Waals surface area contributed by atoms with Gasteiger partial charge < -0.3 is 9.88 Å². The Morgan fingerprint density at radius 1 is 1.48 bits per heavy atom. The van der Waals surface area contributed by atoms with Gasteiger partial charge in [0.25, 0.3) is 0 Å². The summed E-state index contributed by atoms with van der Waals surface area (Å²) in [5.41, 5.74) is 0. The van der Waals surface area contributed by atoms with E-state index in [4.69, 9.17) is 0 Å². The predicted octanol–water partition coefficient (Wildman–Crippen LogP) is 3.57. The summed E-state index contributed by atoms with van der Waals surface area (Å²) < 4.78 is 2.08. The fourth-order valence-electron chi connectivity index (χ4n) is 2.85. The van der Waals surface area contributed by atoms with E-state index in [-0.39, 0.29) is 11.2 Å². The van der Waals surface area contributed by atoms with Crippen LogP contribution in [0.2, 0.25) is 0 Å². The molecular formula is C16H22N4OS2. The second-order valence-corrected chi connectivity index (χ2v) is 8.03. The van der Waals surface area contributed by atoms with Gasteiger partial charge in [-0.1, -0.05) is 30.7 Å². The van der Waals surface area contributed by atoms with Gasteiger partial charge in [0.15, 0.2) is 11.0 Å². The summed E-state index contributed by atoms with van der Waals surface area (Å²) in [6.07, 6.45) is 4.66. The molecule has 124 valence electrons. The van der Waals surface area contributed by atoms with Gasteiger partial charge in [0.2, 0.25) is 5.91 Å². The molecule has 7 heteroatoms. The van der Waals surface area contributed by atoms with Crippen LogP contribution in [-0.4, -0.2) is 32.0 Å². The molecule has 1 saturated carbocycles. The predicted molar refractivity (Wildman–Crippen MR) is 94.7 cm³/mol. The average molecular weight is 351 g/mol. The Labute approximate surface area is 144 Å². The lowest BCUT2D eigenvalue weighted by molar-refractivity contribution is -0.120. The second kappa shape index (κ2) is 7.49. The first kappa shape index (κ1) is 16.5. The van der Waals surface area contributed by atoms with Crippen molar-refractivity contribution in [2.45, 2.75) is 62.5 Å². The number of thiophene rings is 1. The maximum Gasteiger partial charge on any atom is 0.233 e. The van der Waals surface area contributed by atoms with Crippen LogP contribution in [0.3, 0.4) is 0 Å². The molecule has 0 saturated heterocycles. The van der Waals surface area contributed by atoms with Gasteiger partial charge in [-0.2, -0.15) is 0 Å². The van der Waals surface area contributed by atoms with Crippen LogP contribution >= 0.6 is 23.1 Å². The van der Waals surface area contributed by atoms with Crippen molar-refractivity contribution >= 4 is 29.0 Å². The minimum atomic E-state index is -0.165. The monoisotopic (exact) mass is 350 g/mol. The molecule has 0 aliphatic heterocycles. The highest BCUT2D eigenvalue weighted by molar-refractivity contribution is 8.00. The number of carbonyl (C=O) groups is 1. The molecule has 1 amide bonds. The summed E-state index contributed by atoms with van der Waals surface area (Å²) in [6.45, 7) is 4.81. The van der Waals surface area contributed by atoms with E-state index in [9.17, 15) is 4.79 Å². The topological polar surface area (TPSA) is 59.8 Å². The first-order valence-corrected chi connectivity index (χ1v) is 9.89. The highest BCUT2D eigenvalue weighted by atomic mass is 32.2. The van der Waals surface area contributed by atoms with Crippen LogP contribution in [0.25, 0.3) is 10.7 Å². The Morgan fingerprint density at radius 3 is 2.91 bits per heavy atom. The van der Waals surface area contributed by atoms with Crippen LogP contribution < -0.4 is 5.32 Å². The molecule has 1 N–H and O–H groups in total. The van der Waals surface area contributed by atoms with Crippen LogP contribution in [0.15, 0.2) is 22.7 Å². The van der Waals surface area contributed by atoms with Crippen molar-refractivity contribution in [1.82, 2.24) is 20.1 Å². The minimum absolute atomic E-state index is 0.102. The molecule has 1 atom stereocenters. The molecule has 3 rings (SSSR count). The van der Waals surface area contributed by atoms with Crippen molar-refractivity contribution in [3.05, 3.63) is 17.5 Å². The van der Waals surface area contributed by atoms with Gasteiger partial charge >= 0.3 is 0 Å². The molecule has 2 heterocycles. The van der Waals surface area contributed by atoms with Crippen molar-refractivity contribution in [2.24, 2.45) is 0 Å². The van der Waals surface area contributed by atoms with Crippen LogP contribution in [0, 0.1) is 0 Å². The lowest BCUT2D eigenvalue weighted by Gasteiger charge is -2.16. The van der Waals surface area contributed by atoms with E-state index in [1.807, 2.05) is 24.4 Å². The smallest absolute Gasteiger partial charge is 0.233 e. The number of thioether (sulfide) groups is 1. The van der Waals surface area contributed by atoms with Gasteiger partial charge in [0.05, 0.1) is 10.1 Å². The molecule has 1 unspecified atom stereocenters. The third kappa shape index (κ3) is 3.77. The van der Waals surface area contributed by atoms with Gasteiger partial charge in [-0.3, -0.25) is 4.79 Å². The maximum absolute atomic E-state index is 12.4. The Kier molecular flexibility index (Phi) is 5.38. The molecule has 0 spiro atoms. The summed E-state index contributed by atoms with van der Waals surface area (Å²) in [7, 11) is 0. The van der Waals surface area contributed by atoms with Crippen molar-refractivity contribution < 1.29 is 4.79 Å². The van der Waals surface area contributed by atoms with Gasteiger partial charge in [-0.15, -0.1) is 21.5 Å². The molecule has 0 radical (unpaired) electrons. The highest BCUT2D eigenvalue weighted by Crippen LogP contribution is 2.29. The number of nitrogens with one attached hydrogen (secondary N) is 1. The first-order chi connectivity index (χ1) is 11.2. The number of hydrogen-bond donors (Lipinski definition) is 1. The van der Waals surface area contributed by atoms with E-state index >= 15 is 0 Å². The molecular weight excluding hydrogens is 328 g/mol. The second-order valence-electron chi connectivity index (χ2n) is 5.78. The third-order valence-corrected chi connectivity index (χ3v) is 6.07. The molecule has 1 aliphatic carbocycles. The van der Waals surface area contributed by atoms with Crippen LogP contribution in [0.1, 0.15) is 39.5 Å². The zero-order valence-electron chi connectivity index (χ0n) is 13.5. The zero-order valence-corrected chi connectivity index (χ0v) is 15.1. The summed E-state index contributed by atoms with van der Waals surface area (Å²) >= 11 is 3.14. The molecule has 1 aliphatic rings. The van der Waals surface area contributed by atoms with E-state index < -0.39 is 0 Å². The lowest BCUT2D eigenvalue weighted by atomic mass is 10.2. The van der Waals surface area contributed by atoms with E-state index in [0.29, 0.717) is 6.04 Å². The number of carbonyl (C=O) groups excluding carboxylic acids is 1. The largest absolute Gasteiger partial charge is 0.352 e. The Balaban J connectivity index is 1.68. The van der Waals surface area contributed by atoms with E-state index in [1.165, 1.54) is 24.6 Å². The number of rotatable bonds is 6. The number of nitrogens with zero attached hydrogens (tertiary/aromatic N) is 3. The molecule has 23 heavy (non-hydrogen) atoms. The Bertz CT molecular complexity index is 647. The standard InChI is InChI=1S/C16H22N4OS2/c1-3-20-14(13-9-6-10-22-13)18-19-16(20)23-11(2)15(21)17-12-7-4-5-8-12/h6,9-12H,3-5,7-8H2,1-2H3,(H,17,21). The molecule has 0 aromatic carbocycles. The van der Waals surface area contributed by atoms with Crippen LogP contribution in [0.5, 0.6) is 0 Å². The molecule has 2 aromatic heterocycles. The van der Waals surface area contributed by atoms with Crippen LogP contribution in [0.4, 0.5) is 0 Å². The SMILES string of the molecule is CCn1c(SC(C)C(=O)NC2CCCC2)nnc1-c1cccs1. The fraction of sp³-hybridized carbons (Fsp3) is 0.562. The summed E-state index contributed by atoms with van der Waals surface area (Å²) in [4.78, 5) is 13.5. The van der Waals surface area contributed by atoms with E-state index in [2.05, 4.69) is 27.0 Å². The number of hydrogen-bond acceptors (Lipinski definition) is 5. The van der Waals surface area contributed by atoms with E-state index in [0.717, 1.165) is 35.2 Å². The number of aromatic nitrogens is 3. The fourth-order valence-corrected chi connectivity index (χ4v) is 4.49. The quantitative estimate of drug-likeness (QED) is 0.809. The molecule has 5 nitrogen and oxygen atoms in total. The van der Waals surface area contributed by atoms with Crippen molar-refractivity contribution in [2.75, 3.05) is 0 Å². The van der Waals surface area contributed by atoms with Crippen LogP contribution in [-0.2, 0) is 11.3 Å². The van der Waals surface area contributed by atoms with Crippen molar-refractivity contribution in [1.29, 1.82) is 0 Å². The minimum Gasteiger partial charge on any atom is -0.352 e. The maximum atomic E-state index is 12.4. The average Bonchev–Trinajstić information content (AvgIpc) is 3.28. The molecule has 0 bridgehead atoms. The molecule has 2 aromatic rings. The summed E-state index contributed by atoms with van der Waals surface area (Å²) in [6, 6.07) is 4.42.